The number of hydrogen-bond acceptors (Lipinski definition) is 3. The second-order valence-electron chi connectivity index (χ2n) is 5.93. The summed E-state index contributed by atoms with van der Waals surface area (Å²) in [6.07, 6.45) is -5.89. The van der Waals surface area contributed by atoms with Crippen molar-refractivity contribution in [3.8, 4) is 5.75 Å². The van der Waals surface area contributed by atoms with Gasteiger partial charge in [-0.15, -0.1) is 0 Å². The van der Waals surface area contributed by atoms with Crippen molar-refractivity contribution >= 4 is 23.2 Å². The summed E-state index contributed by atoms with van der Waals surface area (Å²) in [5.41, 5.74) is 0.584. The maximum atomic E-state index is 12.7. The predicted molar refractivity (Wildman–Crippen MR) is 88.9 cm³/mol. The van der Waals surface area contributed by atoms with E-state index in [2.05, 4.69) is 10.6 Å². The Morgan fingerprint density at radius 1 is 1.23 bits per heavy atom. The monoisotopic (exact) mass is 364 g/mol. The first-order chi connectivity index (χ1) is 12.2. The lowest BCUT2D eigenvalue weighted by Crippen LogP contribution is -2.39. The fourth-order valence-electron chi connectivity index (χ4n) is 2.55. The molecule has 2 N–H and O–H groups in total. The zero-order valence-electron chi connectivity index (χ0n) is 13.7. The van der Waals surface area contributed by atoms with Crippen LogP contribution in [-0.2, 0) is 15.8 Å². The highest BCUT2D eigenvalue weighted by Gasteiger charge is 2.32. The normalized spacial score (nSPS) is 16.3. The van der Waals surface area contributed by atoms with E-state index in [4.69, 9.17) is 4.74 Å². The van der Waals surface area contributed by atoms with Crippen LogP contribution in [0.3, 0.4) is 0 Å². The molecule has 0 saturated carbocycles. The molecule has 136 valence electrons. The molecule has 1 aliphatic rings. The van der Waals surface area contributed by atoms with Crippen LogP contribution >= 0.6 is 0 Å². The van der Waals surface area contributed by atoms with Crippen molar-refractivity contribution in [3.63, 3.8) is 0 Å². The van der Waals surface area contributed by atoms with Crippen LogP contribution in [0.25, 0.3) is 0 Å². The third kappa shape index (κ3) is 3.96. The molecule has 0 saturated heterocycles. The van der Waals surface area contributed by atoms with Gasteiger partial charge in [0.25, 0.3) is 5.91 Å². The van der Waals surface area contributed by atoms with Crippen molar-refractivity contribution in [2.24, 2.45) is 0 Å². The number of carbonyl (C=O) groups excluding carboxylic acids is 2. The van der Waals surface area contributed by atoms with Gasteiger partial charge >= 0.3 is 6.18 Å². The SMILES string of the molecule is Cc1ccc2c(c1)NC(=O)[C@@H](CC(=O)Nc1cccc(C(F)(F)F)c1)O2. The molecule has 0 aromatic heterocycles. The molecular weight excluding hydrogens is 349 g/mol. The van der Waals surface area contributed by atoms with Crippen LogP contribution in [0.2, 0.25) is 0 Å². The van der Waals surface area contributed by atoms with Gasteiger partial charge in [-0.05, 0) is 42.8 Å². The summed E-state index contributed by atoms with van der Waals surface area (Å²) in [6.45, 7) is 1.86. The molecule has 5 nitrogen and oxygen atoms in total. The van der Waals surface area contributed by atoms with Crippen LogP contribution in [0.1, 0.15) is 17.5 Å². The average molecular weight is 364 g/mol. The predicted octanol–water partition coefficient (Wildman–Crippen LogP) is 3.74. The van der Waals surface area contributed by atoms with Crippen molar-refractivity contribution < 1.29 is 27.5 Å². The lowest BCUT2D eigenvalue weighted by molar-refractivity contribution is -0.137. The second kappa shape index (κ2) is 6.70. The van der Waals surface area contributed by atoms with E-state index in [0.29, 0.717) is 11.4 Å². The van der Waals surface area contributed by atoms with Gasteiger partial charge in [-0.25, -0.2) is 0 Å². The van der Waals surface area contributed by atoms with E-state index in [-0.39, 0.29) is 12.1 Å². The van der Waals surface area contributed by atoms with E-state index in [1.807, 2.05) is 6.92 Å². The highest BCUT2D eigenvalue weighted by molar-refractivity contribution is 6.02. The largest absolute Gasteiger partial charge is 0.478 e. The Morgan fingerprint density at radius 2 is 2.00 bits per heavy atom. The van der Waals surface area contributed by atoms with Crippen LogP contribution in [0.15, 0.2) is 42.5 Å². The molecule has 0 aliphatic carbocycles. The van der Waals surface area contributed by atoms with Crippen molar-refractivity contribution in [2.75, 3.05) is 10.6 Å². The molecule has 3 rings (SSSR count). The van der Waals surface area contributed by atoms with Crippen LogP contribution in [0.4, 0.5) is 24.5 Å². The number of halogens is 3. The summed E-state index contributed by atoms with van der Waals surface area (Å²) in [7, 11) is 0. The van der Waals surface area contributed by atoms with Gasteiger partial charge in [-0.2, -0.15) is 13.2 Å². The Labute approximate surface area is 147 Å². The number of ether oxygens (including phenoxy) is 1. The highest BCUT2D eigenvalue weighted by atomic mass is 19.4. The number of benzene rings is 2. The first kappa shape index (κ1) is 17.8. The molecule has 0 bridgehead atoms. The van der Waals surface area contributed by atoms with Gasteiger partial charge in [0.1, 0.15) is 5.75 Å². The molecule has 2 amide bonds. The molecule has 26 heavy (non-hydrogen) atoms. The zero-order chi connectivity index (χ0) is 18.9. The summed E-state index contributed by atoms with van der Waals surface area (Å²) in [4.78, 5) is 24.2. The molecule has 0 spiro atoms. The molecule has 1 atom stereocenters. The number of alkyl halides is 3. The Balaban J connectivity index is 1.67. The number of fused-ring (bicyclic) bond motifs is 1. The van der Waals surface area contributed by atoms with Gasteiger partial charge in [0.05, 0.1) is 17.7 Å². The lowest BCUT2D eigenvalue weighted by Gasteiger charge is -2.25. The van der Waals surface area contributed by atoms with Gasteiger partial charge < -0.3 is 15.4 Å². The van der Waals surface area contributed by atoms with E-state index in [9.17, 15) is 22.8 Å². The van der Waals surface area contributed by atoms with Crippen molar-refractivity contribution in [1.29, 1.82) is 0 Å². The average Bonchev–Trinajstić information content (AvgIpc) is 2.55. The summed E-state index contributed by atoms with van der Waals surface area (Å²) < 4.78 is 43.7. The van der Waals surface area contributed by atoms with Gasteiger partial charge in [0.2, 0.25) is 5.91 Å². The van der Waals surface area contributed by atoms with Crippen molar-refractivity contribution in [1.82, 2.24) is 0 Å². The Kier molecular flexibility index (Phi) is 4.58. The number of rotatable bonds is 3. The Bertz CT molecular complexity index is 865. The number of amides is 2. The quantitative estimate of drug-likeness (QED) is 0.872. The second-order valence-corrected chi connectivity index (χ2v) is 5.93. The smallest absolute Gasteiger partial charge is 0.416 e. The Morgan fingerprint density at radius 3 is 2.73 bits per heavy atom. The maximum absolute atomic E-state index is 12.7. The van der Waals surface area contributed by atoms with Gasteiger partial charge in [0, 0.05) is 5.69 Å². The van der Waals surface area contributed by atoms with Crippen LogP contribution < -0.4 is 15.4 Å². The fraction of sp³-hybridized carbons (Fsp3) is 0.222. The Hall–Kier alpha value is -3.03. The van der Waals surface area contributed by atoms with Gasteiger partial charge in [-0.3, -0.25) is 9.59 Å². The number of hydrogen-bond donors (Lipinski definition) is 2. The third-order valence-electron chi connectivity index (χ3n) is 3.80. The topological polar surface area (TPSA) is 67.4 Å². The number of carbonyl (C=O) groups is 2. The van der Waals surface area contributed by atoms with E-state index in [1.165, 1.54) is 12.1 Å². The molecule has 1 aliphatic heterocycles. The first-order valence-electron chi connectivity index (χ1n) is 7.77. The molecule has 0 radical (unpaired) electrons. The minimum atomic E-state index is -4.51. The summed E-state index contributed by atoms with van der Waals surface area (Å²) in [5.74, 6) is -0.672. The third-order valence-corrected chi connectivity index (χ3v) is 3.80. The summed E-state index contributed by atoms with van der Waals surface area (Å²) >= 11 is 0. The van der Waals surface area contributed by atoms with Gasteiger partial charge in [0.15, 0.2) is 6.10 Å². The molecule has 2 aromatic carbocycles. The van der Waals surface area contributed by atoms with Crippen LogP contribution in [-0.4, -0.2) is 17.9 Å². The lowest BCUT2D eigenvalue weighted by atomic mass is 10.1. The van der Waals surface area contributed by atoms with E-state index in [1.54, 1.807) is 18.2 Å². The molecule has 1 heterocycles. The maximum Gasteiger partial charge on any atom is 0.416 e. The van der Waals surface area contributed by atoms with Crippen molar-refractivity contribution in [3.05, 3.63) is 53.6 Å². The highest BCUT2D eigenvalue weighted by Crippen LogP contribution is 2.32. The van der Waals surface area contributed by atoms with Crippen LogP contribution in [0.5, 0.6) is 5.75 Å². The molecule has 8 heteroatoms. The zero-order valence-corrected chi connectivity index (χ0v) is 13.7. The minimum absolute atomic E-state index is 0.00272. The van der Waals surface area contributed by atoms with E-state index >= 15 is 0 Å². The summed E-state index contributed by atoms with van der Waals surface area (Å²) in [5, 5.41) is 5.01. The van der Waals surface area contributed by atoms with E-state index in [0.717, 1.165) is 17.7 Å². The summed E-state index contributed by atoms with van der Waals surface area (Å²) in [6, 6.07) is 9.50. The molecule has 0 unspecified atom stereocenters. The van der Waals surface area contributed by atoms with E-state index < -0.39 is 29.7 Å². The number of nitrogens with one attached hydrogen (secondary N) is 2. The standard InChI is InChI=1S/C18H15F3N2O3/c1-10-5-6-14-13(7-10)23-17(25)15(26-14)9-16(24)22-12-4-2-3-11(8-12)18(19,20)21/h2-8,15H,9H2,1H3,(H,22,24)(H,23,25)/t15-/m1/s1. The molecule has 0 fully saturated rings. The minimum Gasteiger partial charge on any atom is -0.478 e. The first-order valence-corrected chi connectivity index (χ1v) is 7.77. The van der Waals surface area contributed by atoms with Gasteiger partial charge in [-0.1, -0.05) is 12.1 Å². The fourth-order valence-corrected chi connectivity index (χ4v) is 2.55. The van der Waals surface area contributed by atoms with Crippen LogP contribution in [0, 0.1) is 6.92 Å². The number of anilines is 2. The molecule has 2 aromatic rings. The molecular formula is C18H15F3N2O3. The van der Waals surface area contributed by atoms with Crippen molar-refractivity contribution in [2.45, 2.75) is 25.6 Å². The number of aryl methyl sites for hydroxylation is 1.